The van der Waals surface area contributed by atoms with Gasteiger partial charge >= 0.3 is 6.09 Å². The lowest BCUT2D eigenvalue weighted by molar-refractivity contribution is -0.142. The van der Waals surface area contributed by atoms with Gasteiger partial charge in [-0.25, -0.2) is 4.79 Å². The van der Waals surface area contributed by atoms with Crippen LogP contribution in [0.3, 0.4) is 0 Å². The number of benzene rings is 2. The second kappa shape index (κ2) is 12.2. The van der Waals surface area contributed by atoms with E-state index in [4.69, 9.17) is 16.9 Å². The zero-order valence-electron chi connectivity index (χ0n) is 23.9. The van der Waals surface area contributed by atoms with E-state index in [9.17, 15) is 19.2 Å². The van der Waals surface area contributed by atoms with Crippen molar-refractivity contribution in [2.75, 3.05) is 5.32 Å². The number of ether oxygens (including phenoxy) is 1. The third-order valence-electron chi connectivity index (χ3n) is 6.72. The maximum Gasteiger partial charge on any atom is 0.408 e. The zero-order valence-corrected chi connectivity index (χ0v) is 23.9. The first-order valence-electron chi connectivity index (χ1n) is 13.3. The lowest BCUT2D eigenvalue weighted by Gasteiger charge is -2.35. The fourth-order valence-corrected chi connectivity index (χ4v) is 4.61. The Labute approximate surface area is 235 Å². The van der Waals surface area contributed by atoms with Gasteiger partial charge in [-0.3, -0.25) is 14.4 Å². The minimum Gasteiger partial charge on any atom is -0.444 e. The molecule has 2 aromatic rings. The molecule has 4 atom stereocenters. The summed E-state index contributed by atoms with van der Waals surface area (Å²) < 4.78 is 5.33. The van der Waals surface area contributed by atoms with Crippen molar-refractivity contribution in [1.82, 2.24) is 10.2 Å². The highest BCUT2D eigenvalue weighted by Gasteiger charge is 2.48. The molecule has 4 unspecified atom stereocenters. The van der Waals surface area contributed by atoms with E-state index in [1.165, 1.54) is 4.90 Å². The fourth-order valence-electron chi connectivity index (χ4n) is 4.61. The molecule has 1 saturated carbocycles. The van der Waals surface area contributed by atoms with Crippen LogP contribution in [0.1, 0.15) is 68.8 Å². The van der Waals surface area contributed by atoms with Gasteiger partial charge in [-0.05, 0) is 75.8 Å². The number of terminal acetylenes is 1. The quantitative estimate of drug-likeness (QED) is 0.410. The lowest BCUT2D eigenvalue weighted by Crippen LogP contribution is -2.54. The molecule has 4 N–H and O–H groups in total. The molecule has 212 valence electrons. The van der Waals surface area contributed by atoms with Gasteiger partial charge in [0.15, 0.2) is 0 Å². The molecule has 0 aromatic heterocycles. The van der Waals surface area contributed by atoms with Gasteiger partial charge in [-0.15, -0.1) is 6.42 Å². The summed E-state index contributed by atoms with van der Waals surface area (Å²) in [5.74, 6) is 0.824. The molecule has 3 rings (SSSR count). The Balaban J connectivity index is 2.07. The molecule has 0 bridgehead atoms. The number of anilines is 1. The van der Waals surface area contributed by atoms with E-state index in [2.05, 4.69) is 16.6 Å². The van der Waals surface area contributed by atoms with Crippen molar-refractivity contribution in [3.8, 4) is 12.3 Å². The molecule has 1 aliphatic rings. The standard InChI is InChI=1S/C31H38N4O5/c1-8-21-12-14-22(15-13-21)27(28(37)34-26-18(2)10-9-11-19(26)3)35(24-16-20(24)4)29(38)23(17-25(32)36)33-30(39)40-31(5,6)7/h1,9-15,20,23-24,27H,16-17H2,2-7H3,(H2,32,36)(H,33,39)(H,34,37). The summed E-state index contributed by atoms with van der Waals surface area (Å²) >= 11 is 0. The minimum absolute atomic E-state index is 0.0974. The van der Waals surface area contributed by atoms with Crippen molar-refractivity contribution in [3.63, 3.8) is 0 Å². The van der Waals surface area contributed by atoms with Crippen molar-refractivity contribution in [3.05, 3.63) is 64.7 Å². The van der Waals surface area contributed by atoms with Crippen LogP contribution in [0.15, 0.2) is 42.5 Å². The number of nitrogens with two attached hydrogens (primary N) is 1. The molecule has 1 fully saturated rings. The van der Waals surface area contributed by atoms with Crippen molar-refractivity contribution >= 4 is 29.5 Å². The molecule has 1 aliphatic carbocycles. The van der Waals surface area contributed by atoms with Crippen LogP contribution in [0, 0.1) is 32.1 Å². The SMILES string of the molecule is C#Cc1ccc(C(C(=O)Nc2c(C)cccc2C)N(C(=O)C(CC(N)=O)NC(=O)OC(C)(C)C)C2CC2C)cc1. The molecule has 40 heavy (non-hydrogen) atoms. The fraction of sp³-hybridized carbons (Fsp3) is 0.419. The molecular weight excluding hydrogens is 508 g/mol. The van der Waals surface area contributed by atoms with Gasteiger partial charge in [0.05, 0.1) is 6.42 Å². The zero-order chi connectivity index (χ0) is 29.8. The van der Waals surface area contributed by atoms with E-state index < -0.39 is 47.9 Å². The molecule has 9 heteroatoms. The average molecular weight is 547 g/mol. The topological polar surface area (TPSA) is 131 Å². The van der Waals surface area contributed by atoms with Crippen molar-refractivity contribution in [2.45, 2.75) is 78.1 Å². The molecule has 0 saturated heterocycles. The number of amides is 4. The highest BCUT2D eigenvalue weighted by Crippen LogP contribution is 2.41. The lowest BCUT2D eigenvalue weighted by atomic mass is 9.99. The van der Waals surface area contributed by atoms with Gasteiger partial charge in [0.25, 0.3) is 5.91 Å². The van der Waals surface area contributed by atoms with Crippen LogP contribution in [0.25, 0.3) is 0 Å². The van der Waals surface area contributed by atoms with Crippen LogP contribution in [-0.4, -0.2) is 46.4 Å². The van der Waals surface area contributed by atoms with Crippen LogP contribution in [0.4, 0.5) is 10.5 Å². The van der Waals surface area contributed by atoms with Gasteiger partial charge in [0.1, 0.15) is 17.7 Å². The average Bonchev–Trinajstić information content (AvgIpc) is 3.58. The second-order valence-corrected chi connectivity index (χ2v) is 11.3. The molecular formula is C31H38N4O5. The van der Waals surface area contributed by atoms with E-state index in [0.29, 0.717) is 23.2 Å². The number of nitrogens with one attached hydrogen (secondary N) is 2. The highest BCUT2D eigenvalue weighted by atomic mass is 16.6. The van der Waals surface area contributed by atoms with Crippen LogP contribution < -0.4 is 16.4 Å². The summed E-state index contributed by atoms with van der Waals surface area (Å²) in [7, 11) is 0. The van der Waals surface area contributed by atoms with Crippen LogP contribution >= 0.6 is 0 Å². The largest absolute Gasteiger partial charge is 0.444 e. The van der Waals surface area contributed by atoms with Crippen molar-refractivity contribution in [1.29, 1.82) is 0 Å². The number of carbonyl (C=O) groups is 4. The summed E-state index contributed by atoms with van der Waals surface area (Å²) in [5.41, 5.74) is 8.17. The number of hydrogen-bond acceptors (Lipinski definition) is 5. The smallest absolute Gasteiger partial charge is 0.408 e. The van der Waals surface area contributed by atoms with Gasteiger partial charge in [-0.2, -0.15) is 0 Å². The third kappa shape index (κ3) is 7.63. The summed E-state index contributed by atoms with van der Waals surface area (Å²) in [6, 6.07) is 9.78. The number of carbonyl (C=O) groups excluding carboxylic acids is 4. The Morgan fingerprint density at radius 3 is 2.15 bits per heavy atom. The number of alkyl carbamates (subject to hydrolysis) is 1. The van der Waals surface area contributed by atoms with E-state index in [1.807, 2.05) is 39.0 Å². The Morgan fingerprint density at radius 2 is 1.68 bits per heavy atom. The van der Waals surface area contributed by atoms with E-state index in [0.717, 1.165) is 11.1 Å². The van der Waals surface area contributed by atoms with E-state index >= 15 is 0 Å². The molecule has 0 aliphatic heterocycles. The maximum absolute atomic E-state index is 14.2. The van der Waals surface area contributed by atoms with Crippen molar-refractivity contribution in [2.24, 2.45) is 11.7 Å². The normalized spacial score (nSPS) is 17.5. The minimum atomic E-state index is -1.33. The van der Waals surface area contributed by atoms with E-state index in [1.54, 1.807) is 45.0 Å². The Bertz CT molecular complexity index is 1300. The van der Waals surface area contributed by atoms with Gasteiger partial charge in [0, 0.05) is 17.3 Å². The van der Waals surface area contributed by atoms with Gasteiger partial charge in [0.2, 0.25) is 11.8 Å². The number of hydrogen-bond donors (Lipinski definition) is 3. The predicted molar refractivity (Wildman–Crippen MR) is 153 cm³/mol. The molecule has 0 heterocycles. The first kappa shape index (κ1) is 30.2. The second-order valence-electron chi connectivity index (χ2n) is 11.3. The first-order chi connectivity index (χ1) is 18.7. The number of aryl methyl sites for hydroxylation is 2. The molecule has 4 amide bonds. The Kier molecular flexibility index (Phi) is 9.25. The van der Waals surface area contributed by atoms with Gasteiger partial charge in [-0.1, -0.05) is 43.2 Å². The number of rotatable bonds is 9. The third-order valence-corrected chi connectivity index (χ3v) is 6.72. The van der Waals surface area contributed by atoms with Gasteiger partial charge < -0.3 is 26.0 Å². The monoisotopic (exact) mass is 546 g/mol. The van der Waals surface area contributed by atoms with Crippen molar-refractivity contribution < 1.29 is 23.9 Å². The van der Waals surface area contributed by atoms with Crippen LogP contribution in [0.5, 0.6) is 0 Å². The predicted octanol–water partition coefficient (Wildman–Crippen LogP) is 3.97. The molecule has 0 spiro atoms. The number of para-hydroxylation sites is 1. The van der Waals surface area contributed by atoms with Crippen LogP contribution in [-0.2, 0) is 19.1 Å². The highest BCUT2D eigenvalue weighted by molar-refractivity contribution is 6.00. The summed E-state index contributed by atoms with van der Waals surface area (Å²) in [4.78, 5) is 54.3. The Hall–Kier alpha value is -4.32. The van der Waals surface area contributed by atoms with E-state index in [-0.39, 0.29) is 12.0 Å². The Morgan fingerprint density at radius 1 is 1.10 bits per heavy atom. The molecule has 0 radical (unpaired) electrons. The molecule has 9 nitrogen and oxygen atoms in total. The number of nitrogens with zero attached hydrogens (tertiary/aromatic N) is 1. The summed E-state index contributed by atoms with van der Waals surface area (Å²) in [6.07, 6.45) is 4.86. The number of primary amides is 1. The summed E-state index contributed by atoms with van der Waals surface area (Å²) in [6.45, 7) is 10.8. The molecule has 2 aromatic carbocycles. The van der Waals surface area contributed by atoms with Crippen LogP contribution in [0.2, 0.25) is 0 Å². The maximum atomic E-state index is 14.2. The summed E-state index contributed by atoms with van der Waals surface area (Å²) in [5, 5.41) is 5.52. The first-order valence-corrected chi connectivity index (χ1v) is 13.3.